The van der Waals surface area contributed by atoms with Crippen LogP contribution in [0.2, 0.25) is 0 Å². The van der Waals surface area contributed by atoms with Crippen molar-refractivity contribution in [2.24, 2.45) is 0 Å². The second-order valence-electron chi connectivity index (χ2n) is 8.13. The van der Waals surface area contributed by atoms with Crippen molar-refractivity contribution < 1.29 is 22.8 Å². The molecule has 0 spiro atoms. The van der Waals surface area contributed by atoms with E-state index in [4.69, 9.17) is 9.26 Å². The Labute approximate surface area is 206 Å². The normalized spacial score (nSPS) is 15.7. The lowest BCUT2D eigenvalue weighted by atomic mass is 9.94. The molecule has 182 valence electrons. The Morgan fingerprint density at radius 3 is 2.47 bits per heavy atom. The molecule has 1 unspecified atom stereocenters. The third-order valence-corrected chi connectivity index (χ3v) is 5.83. The maximum atomic E-state index is 14.0. The Kier molecular flexibility index (Phi) is 6.20. The smallest absolute Gasteiger partial charge is 0.327 e. The number of carbonyl (C=O) groups is 1. The molecule has 1 atom stereocenters. The van der Waals surface area contributed by atoms with E-state index in [-0.39, 0.29) is 17.5 Å². The molecule has 36 heavy (non-hydrogen) atoms. The van der Waals surface area contributed by atoms with Gasteiger partial charge in [-0.25, -0.2) is 13.6 Å². The maximum absolute atomic E-state index is 14.0. The van der Waals surface area contributed by atoms with E-state index >= 15 is 0 Å². The number of halogens is 2. The quantitative estimate of drug-likeness (QED) is 0.354. The number of aromatic nitrogens is 2. The van der Waals surface area contributed by atoms with Crippen molar-refractivity contribution in [3.05, 3.63) is 102 Å². The number of amides is 2. The van der Waals surface area contributed by atoms with E-state index in [1.54, 1.807) is 25.1 Å². The number of allylic oxidation sites excluding steroid dienone is 1. The monoisotopic (exact) mass is 488 g/mol. The average molecular weight is 488 g/mol. The number of carbonyl (C=O) groups excluding carboxylic acids is 1. The van der Waals surface area contributed by atoms with Gasteiger partial charge in [0, 0.05) is 11.3 Å². The zero-order chi connectivity index (χ0) is 25.2. The van der Waals surface area contributed by atoms with Crippen LogP contribution in [0.3, 0.4) is 0 Å². The zero-order valence-corrected chi connectivity index (χ0v) is 19.5. The number of hydrogen-bond acceptors (Lipinski definition) is 5. The van der Waals surface area contributed by atoms with Gasteiger partial charge >= 0.3 is 6.03 Å². The Morgan fingerprint density at radius 1 is 1.03 bits per heavy atom. The second-order valence-corrected chi connectivity index (χ2v) is 8.13. The van der Waals surface area contributed by atoms with Gasteiger partial charge in [-0.15, -0.1) is 0 Å². The summed E-state index contributed by atoms with van der Waals surface area (Å²) in [7, 11) is 0. The molecule has 0 radical (unpaired) electrons. The average Bonchev–Trinajstić information content (AvgIpc) is 3.34. The first-order valence-electron chi connectivity index (χ1n) is 11.3. The number of benzene rings is 3. The Morgan fingerprint density at radius 2 is 1.78 bits per heavy atom. The summed E-state index contributed by atoms with van der Waals surface area (Å²) in [5, 5.41) is 7.05. The molecule has 1 aliphatic rings. The van der Waals surface area contributed by atoms with E-state index in [2.05, 4.69) is 15.5 Å². The molecule has 0 aliphatic carbocycles. The lowest BCUT2D eigenvalue weighted by Gasteiger charge is -2.35. The van der Waals surface area contributed by atoms with Crippen LogP contribution in [0.25, 0.3) is 17.0 Å². The summed E-state index contributed by atoms with van der Waals surface area (Å²) in [6.07, 6.45) is 0. The number of anilines is 1. The first-order chi connectivity index (χ1) is 17.4. The molecule has 0 bridgehead atoms. The van der Waals surface area contributed by atoms with E-state index in [1.807, 2.05) is 31.2 Å². The van der Waals surface area contributed by atoms with E-state index in [1.165, 1.54) is 35.2 Å². The summed E-state index contributed by atoms with van der Waals surface area (Å²) in [4.78, 5) is 19.1. The molecule has 5 rings (SSSR count). The SMILES string of the molecule is CCOc1ccc(C2NC(=O)N(c3cccc(F)c3)C(C)=C2c2nc(-c3ccc(F)cc3)no2)cc1. The summed E-state index contributed by atoms with van der Waals surface area (Å²) < 4.78 is 38.6. The van der Waals surface area contributed by atoms with Crippen molar-refractivity contribution in [1.29, 1.82) is 0 Å². The molecular formula is C27H22F2N4O3. The summed E-state index contributed by atoms with van der Waals surface area (Å²) in [6.45, 7) is 4.16. The van der Waals surface area contributed by atoms with E-state index in [0.29, 0.717) is 34.9 Å². The fraction of sp³-hybridized carbons (Fsp3) is 0.148. The maximum Gasteiger partial charge on any atom is 0.327 e. The minimum absolute atomic E-state index is 0.173. The van der Waals surface area contributed by atoms with Crippen molar-refractivity contribution in [2.45, 2.75) is 19.9 Å². The van der Waals surface area contributed by atoms with Crippen molar-refractivity contribution in [3.8, 4) is 17.1 Å². The van der Waals surface area contributed by atoms with Crippen LogP contribution in [-0.2, 0) is 0 Å². The molecule has 4 aromatic rings. The van der Waals surface area contributed by atoms with E-state index in [0.717, 1.165) is 5.56 Å². The first kappa shape index (κ1) is 23.2. The van der Waals surface area contributed by atoms with Crippen LogP contribution in [0.4, 0.5) is 19.3 Å². The van der Waals surface area contributed by atoms with Gasteiger partial charge in [0.2, 0.25) is 5.82 Å². The Bertz CT molecular complexity index is 1430. The van der Waals surface area contributed by atoms with Gasteiger partial charge in [0.25, 0.3) is 5.89 Å². The lowest BCUT2D eigenvalue weighted by molar-refractivity contribution is 0.244. The summed E-state index contributed by atoms with van der Waals surface area (Å²) in [6, 6.07) is 17.7. The van der Waals surface area contributed by atoms with Gasteiger partial charge in [-0.05, 0) is 74.0 Å². The number of nitrogens with zero attached hydrogens (tertiary/aromatic N) is 3. The number of nitrogens with one attached hydrogen (secondary N) is 1. The van der Waals surface area contributed by atoms with Gasteiger partial charge in [-0.3, -0.25) is 4.90 Å². The van der Waals surface area contributed by atoms with Crippen LogP contribution in [0.15, 0.2) is 83.0 Å². The van der Waals surface area contributed by atoms with Gasteiger partial charge in [-0.1, -0.05) is 23.4 Å². The summed E-state index contributed by atoms with van der Waals surface area (Å²) in [5.41, 5.74) is 2.73. The van der Waals surface area contributed by atoms with Crippen molar-refractivity contribution in [2.75, 3.05) is 11.5 Å². The highest BCUT2D eigenvalue weighted by molar-refractivity contribution is 6.01. The number of urea groups is 1. The van der Waals surface area contributed by atoms with Gasteiger partial charge < -0.3 is 14.6 Å². The predicted octanol–water partition coefficient (Wildman–Crippen LogP) is 6.12. The molecule has 3 aromatic carbocycles. The molecule has 0 saturated heterocycles. The van der Waals surface area contributed by atoms with Crippen LogP contribution in [-0.4, -0.2) is 22.8 Å². The number of ether oxygens (including phenoxy) is 1. The molecule has 1 N–H and O–H groups in total. The third-order valence-electron chi connectivity index (χ3n) is 5.83. The minimum Gasteiger partial charge on any atom is -0.494 e. The standard InChI is InChI=1S/C27H22F2N4O3/c1-3-35-22-13-9-17(10-14-22)24-23(26-31-25(32-36-26)18-7-11-19(28)12-8-18)16(2)33(27(34)30-24)21-6-4-5-20(29)15-21/h4-15,24H,3H2,1-2H3,(H,30,34). The fourth-order valence-electron chi connectivity index (χ4n) is 4.17. The molecular weight excluding hydrogens is 466 g/mol. The molecule has 9 heteroatoms. The highest BCUT2D eigenvalue weighted by atomic mass is 19.1. The largest absolute Gasteiger partial charge is 0.494 e. The van der Waals surface area contributed by atoms with Gasteiger partial charge in [0.15, 0.2) is 0 Å². The summed E-state index contributed by atoms with van der Waals surface area (Å²) in [5.74, 6) is 0.289. The van der Waals surface area contributed by atoms with E-state index in [9.17, 15) is 13.6 Å². The molecule has 0 saturated carbocycles. The van der Waals surface area contributed by atoms with Gasteiger partial charge in [-0.2, -0.15) is 4.98 Å². The first-order valence-corrected chi connectivity index (χ1v) is 11.3. The van der Waals surface area contributed by atoms with Crippen LogP contribution in [0, 0.1) is 11.6 Å². The number of rotatable bonds is 6. The summed E-state index contributed by atoms with van der Waals surface area (Å²) >= 11 is 0. The molecule has 2 heterocycles. The van der Waals surface area contributed by atoms with Crippen LogP contribution < -0.4 is 15.0 Å². The lowest BCUT2D eigenvalue weighted by Crippen LogP contribution is -2.46. The molecule has 1 aliphatic heterocycles. The van der Waals surface area contributed by atoms with Crippen LogP contribution >= 0.6 is 0 Å². The van der Waals surface area contributed by atoms with Crippen molar-refractivity contribution >= 4 is 17.3 Å². The van der Waals surface area contributed by atoms with Crippen molar-refractivity contribution in [1.82, 2.24) is 15.5 Å². The zero-order valence-electron chi connectivity index (χ0n) is 19.5. The van der Waals surface area contributed by atoms with Crippen molar-refractivity contribution in [3.63, 3.8) is 0 Å². The molecule has 7 nitrogen and oxygen atoms in total. The van der Waals surface area contributed by atoms with E-state index < -0.39 is 17.9 Å². The number of hydrogen-bond donors (Lipinski definition) is 1. The van der Waals surface area contributed by atoms with Gasteiger partial charge in [0.1, 0.15) is 17.4 Å². The Hall–Kier alpha value is -4.53. The van der Waals surface area contributed by atoms with Crippen LogP contribution in [0.5, 0.6) is 5.75 Å². The predicted molar refractivity (Wildman–Crippen MR) is 130 cm³/mol. The second kappa shape index (κ2) is 9.61. The third kappa shape index (κ3) is 4.43. The minimum atomic E-state index is -0.625. The molecule has 2 amide bonds. The topological polar surface area (TPSA) is 80.5 Å². The fourth-order valence-corrected chi connectivity index (χ4v) is 4.17. The molecule has 1 aromatic heterocycles. The Balaban J connectivity index is 1.62. The highest BCUT2D eigenvalue weighted by Gasteiger charge is 2.36. The highest BCUT2D eigenvalue weighted by Crippen LogP contribution is 2.39. The van der Waals surface area contributed by atoms with Crippen LogP contribution in [0.1, 0.15) is 31.3 Å². The molecule has 0 fully saturated rings. The van der Waals surface area contributed by atoms with Gasteiger partial charge in [0.05, 0.1) is 23.9 Å².